The molecule has 0 spiro atoms. The van der Waals surface area contributed by atoms with Crippen LogP contribution in [0, 0.1) is 26.1 Å². The molecule has 1 aromatic carbocycles. The Labute approximate surface area is 133 Å². The molecule has 0 aliphatic carbocycles. The Hall–Kier alpha value is -2.43. The molecule has 8 nitrogen and oxygen atoms in total. The minimum absolute atomic E-state index is 0.117. The molecule has 11 heteroatoms. The minimum Gasteiger partial charge on any atom is -0.391 e. The van der Waals surface area contributed by atoms with Gasteiger partial charge < -0.3 is 10.0 Å². The van der Waals surface area contributed by atoms with Crippen LogP contribution in [0.15, 0.2) is 12.1 Å². The third kappa shape index (κ3) is 3.40. The van der Waals surface area contributed by atoms with E-state index in [1.165, 1.54) is 4.90 Å². The van der Waals surface area contributed by atoms with E-state index in [0.29, 0.717) is 6.42 Å². The number of nitrogens with zero attached hydrogens (tertiary/aromatic N) is 3. The van der Waals surface area contributed by atoms with Crippen molar-refractivity contribution in [1.82, 2.24) is 0 Å². The SMILES string of the molecule is CC1CCN(c2c([N+](=O)[O-])cc(C(F)(F)F)cc2[N+](=O)[O-])CC1O. The number of nitro benzene ring substituents is 2. The Morgan fingerprint density at radius 2 is 1.71 bits per heavy atom. The van der Waals surface area contributed by atoms with E-state index in [4.69, 9.17) is 0 Å². The lowest BCUT2D eigenvalue weighted by Crippen LogP contribution is -2.43. The molecule has 1 aliphatic heterocycles. The van der Waals surface area contributed by atoms with Gasteiger partial charge >= 0.3 is 6.18 Å². The quantitative estimate of drug-likeness (QED) is 0.664. The molecule has 1 saturated heterocycles. The molecule has 24 heavy (non-hydrogen) atoms. The van der Waals surface area contributed by atoms with Crippen molar-refractivity contribution in [1.29, 1.82) is 0 Å². The van der Waals surface area contributed by atoms with Crippen LogP contribution in [0.5, 0.6) is 0 Å². The van der Waals surface area contributed by atoms with E-state index in [1.54, 1.807) is 6.92 Å². The first-order valence-corrected chi connectivity index (χ1v) is 6.99. The second kappa shape index (κ2) is 6.23. The van der Waals surface area contributed by atoms with Crippen LogP contribution >= 0.6 is 0 Å². The van der Waals surface area contributed by atoms with Crippen molar-refractivity contribution in [2.75, 3.05) is 18.0 Å². The van der Waals surface area contributed by atoms with Gasteiger partial charge in [0.1, 0.15) is 0 Å². The van der Waals surface area contributed by atoms with Crippen molar-refractivity contribution < 1.29 is 28.1 Å². The molecular formula is C13H14F3N3O5. The van der Waals surface area contributed by atoms with Gasteiger partial charge in [-0.05, 0) is 12.3 Å². The standard InChI is InChI=1S/C13H14F3N3O5/c1-7-2-3-17(6-11(7)20)12-9(18(21)22)4-8(13(14,15)16)5-10(12)19(23)24/h4-5,7,11,20H,2-3,6H2,1H3. The number of rotatable bonds is 3. The van der Waals surface area contributed by atoms with Gasteiger partial charge in [-0.2, -0.15) is 13.2 Å². The number of aliphatic hydroxyl groups is 1. The van der Waals surface area contributed by atoms with Crippen LogP contribution in [0.2, 0.25) is 0 Å². The Bertz CT molecular complexity index is 644. The van der Waals surface area contributed by atoms with Crippen LogP contribution in [-0.2, 0) is 6.18 Å². The zero-order chi connectivity index (χ0) is 18.2. The first-order valence-electron chi connectivity index (χ1n) is 6.99. The Morgan fingerprint density at radius 3 is 2.08 bits per heavy atom. The summed E-state index contributed by atoms with van der Waals surface area (Å²) in [4.78, 5) is 21.4. The smallest absolute Gasteiger partial charge is 0.391 e. The summed E-state index contributed by atoms with van der Waals surface area (Å²) in [7, 11) is 0. The number of aliphatic hydroxyl groups excluding tert-OH is 1. The summed E-state index contributed by atoms with van der Waals surface area (Å²) in [6.45, 7) is 1.77. The van der Waals surface area contributed by atoms with E-state index in [1.807, 2.05) is 0 Å². The van der Waals surface area contributed by atoms with Gasteiger partial charge in [0.15, 0.2) is 5.69 Å². The Balaban J connectivity index is 2.64. The number of halogens is 3. The number of anilines is 1. The van der Waals surface area contributed by atoms with Crippen LogP contribution in [0.3, 0.4) is 0 Å². The molecule has 2 rings (SSSR count). The maximum absolute atomic E-state index is 12.9. The molecule has 1 aromatic rings. The third-order valence-electron chi connectivity index (χ3n) is 4.03. The van der Waals surface area contributed by atoms with Gasteiger partial charge in [-0.25, -0.2) is 0 Å². The maximum Gasteiger partial charge on any atom is 0.416 e. The van der Waals surface area contributed by atoms with E-state index >= 15 is 0 Å². The lowest BCUT2D eigenvalue weighted by molar-refractivity contribution is -0.393. The van der Waals surface area contributed by atoms with Gasteiger partial charge in [0.05, 0.1) is 21.5 Å². The average molecular weight is 349 g/mol. The summed E-state index contributed by atoms with van der Waals surface area (Å²) in [6.07, 6.45) is -5.44. The second-order valence-electron chi connectivity index (χ2n) is 5.65. The van der Waals surface area contributed by atoms with Crippen molar-refractivity contribution in [2.45, 2.75) is 25.6 Å². The molecule has 1 heterocycles. The van der Waals surface area contributed by atoms with Crippen molar-refractivity contribution in [3.05, 3.63) is 37.9 Å². The number of piperidine rings is 1. The van der Waals surface area contributed by atoms with Crippen molar-refractivity contribution in [3.63, 3.8) is 0 Å². The van der Waals surface area contributed by atoms with E-state index in [-0.39, 0.29) is 31.1 Å². The number of β-amino-alcohol motifs (C(OH)–C–C–N with tert-alkyl or cyclic N) is 1. The van der Waals surface area contributed by atoms with Gasteiger partial charge in [-0.3, -0.25) is 20.2 Å². The number of nitro groups is 2. The van der Waals surface area contributed by atoms with Crippen molar-refractivity contribution >= 4 is 17.1 Å². The predicted molar refractivity (Wildman–Crippen MR) is 76.8 cm³/mol. The fourth-order valence-corrected chi connectivity index (χ4v) is 2.62. The molecule has 0 saturated carbocycles. The van der Waals surface area contributed by atoms with Crippen molar-refractivity contribution in [2.24, 2.45) is 5.92 Å². The lowest BCUT2D eigenvalue weighted by atomic mass is 9.95. The lowest BCUT2D eigenvalue weighted by Gasteiger charge is -2.35. The highest BCUT2D eigenvalue weighted by molar-refractivity contribution is 5.76. The van der Waals surface area contributed by atoms with Gasteiger partial charge in [-0.1, -0.05) is 6.92 Å². The average Bonchev–Trinajstić information content (AvgIpc) is 2.47. The van der Waals surface area contributed by atoms with E-state index < -0.39 is 44.8 Å². The molecule has 2 unspecified atom stereocenters. The summed E-state index contributed by atoms with van der Waals surface area (Å²) >= 11 is 0. The summed E-state index contributed by atoms with van der Waals surface area (Å²) in [5, 5.41) is 32.3. The normalized spacial score (nSPS) is 21.6. The second-order valence-corrected chi connectivity index (χ2v) is 5.65. The highest BCUT2D eigenvalue weighted by atomic mass is 19.4. The molecule has 132 valence electrons. The molecule has 0 bridgehead atoms. The summed E-state index contributed by atoms with van der Waals surface area (Å²) < 4.78 is 38.6. The monoisotopic (exact) mass is 349 g/mol. The summed E-state index contributed by atoms with van der Waals surface area (Å²) in [5.74, 6) is -0.117. The van der Waals surface area contributed by atoms with Gasteiger partial charge in [-0.15, -0.1) is 0 Å². The third-order valence-corrected chi connectivity index (χ3v) is 4.03. The van der Waals surface area contributed by atoms with E-state index in [2.05, 4.69) is 0 Å². The van der Waals surface area contributed by atoms with Gasteiger partial charge in [0, 0.05) is 25.2 Å². The van der Waals surface area contributed by atoms with Gasteiger partial charge in [0.2, 0.25) is 0 Å². The highest BCUT2D eigenvalue weighted by Crippen LogP contribution is 2.44. The zero-order valence-corrected chi connectivity index (χ0v) is 12.5. The molecule has 1 fully saturated rings. The number of alkyl halides is 3. The first-order chi connectivity index (χ1) is 11.0. The van der Waals surface area contributed by atoms with E-state index in [9.17, 15) is 38.5 Å². The topological polar surface area (TPSA) is 110 Å². The highest BCUT2D eigenvalue weighted by Gasteiger charge is 2.40. The minimum atomic E-state index is -4.95. The van der Waals surface area contributed by atoms with Gasteiger partial charge in [0.25, 0.3) is 11.4 Å². The number of hydrogen-bond donors (Lipinski definition) is 1. The van der Waals surface area contributed by atoms with Crippen LogP contribution in [0.1, 0.15) is 18.9 Å². The number of benzene rings is 1. The van der Waals surface area contributed by atoms with Crippen LogP contribution in [0.4, 0.5) is 30.2 Å². The Kier molecular flexibility index (Phi) is 4.65. The molecular weight excluding hydrogens is 335 g/mol. The number of hydrogen-bond acceptors (Lipinski definition) is 6. The largest absolute Gasteiger partial charge is 0.416 e. The molecule has 1 N–H and O–H groups in total. The predicted octanol–water partition coefficient (Wildman–Crippen LogP) is 2.73. The molecule has 0 radical (unpaired) electrons. The van der Waals surface area contributed by atoms with Crippen LogP contribution in [0.25, 0.3) is 0 Å². The van der Waals surface area contributed by atoms with Crippen LogP contribution < -0.4 is 4.90 Å². The first kappa shape index (κ1) is 17.9. The Morgan fingerprint density at radius 1 is 1.21 bits per heavy atom. The molecule has 2 atom stereocenters. The maximum atomic E-state index is 12.9. The molecule has 0 aromatic heterocycles. The van der Waals surface area contributed by atoms with Crippen molar-refractivity contribution in [3.8, 4) is 0 Å². The summed E-state index contributed by atoms with van der Waals surface area (Å²) in [6, 6.07) is 0.569. The molecule has 0 amide bonds. The van der Waals surface area contributed by atoms with E-state index in [0.717, 1.165) is 0 Å². The summed E-state index contributed by atoms with van der Waals surface area (Å²) in [5.41, 5.74) is -3.98. The fourth-order valence-electron chi connectivity index (χ4n) is 2.62. The molecule has 1 aliphatic rings. The fraction of sp³-hybridized carbons (Fsp3) is 0.538. The van der Waals surface area contributed by atoms with Crippen LogP contribution in [-0.4, -0.2) is 34.1 Å². The zero-order valence-electron chi connectivity index (χ0n) is 12.5.